The fourth-order valence-corrected chi connectivity index (χ4v) is 2.24. The summed E-state index contributed by atoms with van der Waals surface area (Å²) < 4.78 is 5.33. The lowest BCUT2D eigenvalue weighted by Crippen LogP contribution is -2.08. The van der Waals surface area contributed by atoms with Crippen LogP contribution in [0.1, 0.15) is 17.9 Å². The van der Waals surface area contributed by atoms with Crippen molar-refractivity contribution >= 4 is 24.0 Å². The Morgan fingerprint density at radius 2 is 2.27 bits per heavy atom. The predicted molar refractivity (Wildman–Crippen MR) is 65.5 cm³/mol. The van der Waals surface area contributed by atoms with E-state index in [0.29, 0.717) is 10.9 Å². The summed E-state index contributed by atoms with van der Waals surface area (Å²) in [7, 11) is 1.67. The summed E-state index contributed by atoms with van der Waals surface area (Å²) in [6.07, 6.45) is 1.16. The van der Waals surface area contributed by atoms with Crippen molar-refractivity contribution < 1.29 is 4.74 Å². The first-order valence-corrected chi connectivity index (χ1v) is 5.24. The average Bonchev–Trinajstić information content (AvgIpc) is 2.70. The fraction of sp³-hybridized carbons (Fsp3) is 0.455. The Morgan fingerprint density at radius 1 is 1.47 bits per heavy atom. The minimum absolute atomic E-state index is 0. The molecule has 0 spiro atoms. The number of hydrogen-bond acceptors (Lipinski definition) is 2. The van der Waals surface area contributed by atoms with Crippen LogP contribution in [-0.2, 0) is 0 Å². The summed E-state index contributed by atoms with van der Waals surface area (Å²) in [6.45, 7) is 2.11. The first kappa shape index (κ1) is 12.6. The van der Waals surface area contributed by atoms with E-state index in [1.54, 1.807) is 7.11 Å². The monoisotopic (exact) mass is 247 g/mol. The zero-order valence-electron chi connectivity index (χ0n) is 8.63. The lowest BCUT2D eigenvalue weighted by atomic mass is 9.97. The first-order chi connectivity index (χ1) is 6.83. The van der Waals surface area contributed by atoms with Gasteiger partial charge in [-0.05, 0) is 19.0 Å². The molecule has 1 aromatic rings. The molecule has 84 valence electrons. The van der Waals surface area contributed by atoms with Gasteiger partial charge in [0.25, 0.3) is 0 Å². The van der Waals surface area contributed by atoms with Crippen molar-refractivity contribution in [2.24, 2.45) is 0 Å². The van der Waals surface area contributed by atoms with Crippen LogP contribution in [0, 0.1) is 0 Å². The van der Waals surface area contributed by atoms with Gasteiger partial charge in [-0.3, -0.25) is 0 Å². The highest BCUT2D eigenvalue weighted by Gasteiger charge is 2.21. The van der Waals surface area contributed by atoms with Crippen LogP contribution in [0.2, 0.25) is 5.02 Å². The highest BCUT2D eigenvalue weighted by atomic mass is 35.5. The van der Waals surface area contributed by atoms with Crippen LogP contribution in [0.25, 0.3) is 0 Å². The normalized spacial score (nSPS) is 19.7. The molecule has 15 heavy (non-hydrogen) atoms. The fourth-order valence-electron chi connectivity index (χ4n) is 1.98. The van der Waals surface area contributed by atoms with Crippen molar-refractivity contribution in [2.75, 3.05) is 20.2 Å². The van der Waals surface area contributed by atoms with Gasteiger partial charge in [0.15, 0.2) is 0 Å². The number of benzene rings is 1. The van der Waals surface area contributed by atoms with E-state index in [0.717, 1.165) is 25.3 Å². The second-order valence-electron chi connectivity index (χ2n) is 3.55. The summed E-state index contributed by atoms with van der Waals surface area (Å²) >= 11 is 6.06. The quantitative estimate of drug-likeness (QED) is 0.868. The van der Waals surface area contributed by atoms with Crippen LogP contribution in [-0.4, -0.2) is 20.2 Å². The van der Waals surface area contributed by atoms with Crippen molar-refractivity contribution in [3.8, 4) is 5.75 Å². The van der Waals surface area contributed by atoms with Crippen molar-refractivity contribution in [1.82, 2.24) is 5.32 Å². The molecule has 0 aromatic heterocycles. The molecular formula is C11H15Cl2NO. The van der Waals surface area contributed by atoms with E-state index in [1.165, 1.54) is 5.56 Å². The van der Waals surface area contributed by atoms with E-state index < -0.39 is 0 Å². The van der Waals surface area contributed by atoms with Crippen molar-refractivity contribution in [3.05, 3.63) is 28.8 Å². The minimum Gasteiger partial charge on any atom is -0.495 e. The molecule has 4 heteroatoms. The lowest BCUT2D eigenvalue weighted by molar-refractivity contribution is 0.406. The summed E-state index contributed by atoms with van der Waals surface area (Å²) in [5, 5.41) is 4.05. The molecule has 0 radical (unpaired) electrons. The standard InChI is InChI=1S/C11H14ClNO.ClH/c1-14-11-9(3-2-4-10(11)12)8-5-6-13-7-8;/h2-4,8,13H,5-7H2,1H3;1H. The van der Waals surface area contributed by atoms with E-state index in [1.807, 2.05) is 12.1 Å². The Kier molecular flexibility index (Phi) is 4.71. The van der Waals surface area contributed by atoms with Crippen LogP contribution in [0.5, 0.6) is 5.75 Å². The maximum Gasteiger partial charge on any atom is 0.140 e. The van der Waals surface area contributed by atoms with E-state index in [2.05, 4.69) is 11.4 Å². The third-order valence-corrected chi connectivity index (χ3v) is 3.00. The van der Waals surface area contributed by atoms with Gasteiger partial charge in [0.2, 0.25) is 0 Å². The molecule has 1 saturated heterocycles. The molecule has 2 nitrogen and oxygen atoms in total. The molecule has 1 fully saturated rings. The van der Waals surface area contributed by atoms with Gasteiger partial charge in [0.05, 0.1) is 12.1 Å². The number of hydrogen-bond donors (Lipinski definition) is 1. The van der Waals surface area contributed by atoms with Gasteiger partial charge in [-0.2, -0.15) is 0 Å². The van der Waals surface area contributed by atoms with Crippen LogP contribution in [0.15, 0.2) is 18.2 Å². The van der Waals surface area contributed by atoms with E-state index in [9.17, 15) is 0 Å². The molecule has 1 unspecified atom stereocenters. The molecule has 1 heterocycles. The second kappa shape index (κ2) is 5.59. The third-order valence-electron chi connectivity index (χ3n) is 2.70. The van der Waals surface area contributed by atoms with Gasteiger partial charge in [-0.15, -0.1) is 12.4 Å². The number of nitrogens with one attached hydrogen (secondary N) is 1. The largest absolute Gasteiger partial charge is 0.495 e. The summed E-state index contributed by atoms with van der Waals surface area (Å²) in [4.78, 5) is 0. The Bertz CT molecular complexity index is 324. The summed E-state index contributed by atoms with van der Waals surface area (Å²) in [5.41, 5.74) is 1.23. The zero-order valence-corrected chi connectivity index (χ0v) is 10.2. The van der Waals surface area contributed by atoms with Crippen molar-refractivity contribution in [3.63, 3.8) is 0 Å². The van der Waals surface area contributed by atoms with E-state index in [4.69, 9.17) is 16.3 Å². The molecule has 1 aliphatic heterocycles. The number of para-hydroxylation sites is 1. The molecule has 0 amide bonds. The molecule has 0 bridgehead atoms. The molecule has 2 rings (SSSR count). The molecule has 1 aromatic carbocycles. The number of halogens is 2. The molecule has 0 aliphatic carbocycles. The summed E-state index contributed by atoms with van der Waals surface area (Å²) in [5.74, 6) is 1.38. The minimum atomic E-state index is 0. The van der Waals surface area contributed by atoms with Gasteiger partial charge in [-0.1, -0.05) is 23.7 Å². The van der Waals surface area contributed by atoms with E-state index in [-0.39, 0.29) is 12.4 Å². The first-order valence-electron chi connectivity index (χ1n) is 4.86. The average molecular weight is 248 g/mol. The Hall–Kier alpha value is -0.440. The Labute approximate surface area is 101 Å². The maximum absolute atomic E-state index is 6.06. The molecule has 1 aliphatic rings. The number of methoxy groups -OCH3 is 1. The van der Waals surface area contributed by atoms with Gasteiger partial charge >= 0.3 is 0 Å². The van der Waals surface area contributed by atoms with Crippen LogP contribution in [0.4, 0.5) is 0 Å². The zero-order chi connectivity index (χ0) is 9.97. The molecule has 1 N–H and O–H groups in total. The Balaban J connectivity index is 0.00000112. The van der Waals surface area contributed by atoms with Crippen LogP contribution >= 0.6 is 24.0 Å². The van der Waals surface area contributed by atoms with Gasteiger partial charge < -0.3 is 10.1 Å². The highest BCUT2D eigenvalue weighted by molar-refractivity contribution is 6.32. The second-order valence-corrected chi connectivity index (χ2v) is 3.96. The third kappa shape index (κ3) is 2.57. The van der Waals surface area contributed by atoms with Crippen LogP contribution < -0.4 is 10.1 Å². The lowest BCUT2D eigenvalue weighted by Gasteiger charge is -2.14. The molecule has 1 atom stereocenters. The van der Waals surface area contributed by atoms with E-state index >= 15 is 0 Å². The van der Waals surface area contributed by atoms with Crippen LogP contribution in [0.3, 0.4) is 0 Å². The van der Waals surface area contributed by atoms with Crippen molar-refractivity contribution in [2.45, 2.75) is 12.3 Å². The smallest absolute Gasteiger partial charge is 0.140 e. The predicted octanol–water partition coefficient (Wildman–Crippen LogP) is 2.85. The summed E-state index contributed by atoms with van der Waals surface area (Å²) in [6, 6.07) is 5.95. The highest BCUT2D eigenvalue weighted by Crippen LogP contribution is 2.35. The van der Waals surface area contributed by atoms with Gasteiger partial charge in [0, 0.05) is 18.0 Å². The number of rotatable bonds is 2. The van der Waals surface area contributed by atoms with Gasteiger partial charge in [-0.25, -0.2) is 0 Å². The topological polar surface area (TPSA) is 21.3 Å². The Morgan fingerprint density at radius 3 is 2.87 bits per heavy atom. The maximum atomic E-state index is 6.06. The van der Waals surface area contributed by atoms with Crippen molar-refractivity contribution in [1.29, 1.82) is 0 Å². The van der Waals surface area contributed by atoms with Gasteiger partial charge in [0.1, 0.15) is 5.75 Å². The number of ether oxygens (including phenoxy) is 1. The molecule has 0 saturated carbocycles. The molecular weight excluding hydrogens is 233 g/mol. The SMILES string of the molecule is COc1c(Cl)cccc1C1CCNC1.Cl.